The van der Waals surface area contributed by atoms with Gasteiger partial charge in [-0.25, -0.2) is 4.79 Å². The van der Waals surface area contributed by atoms with Crippen LogP contribution in [0.5, 0.6) is 0 Å². The largest absolute Gasteiger partial charge is 0.381 e. The number of imide groups is 1. The molecule has 2 aromatic carbocycles. The van der Waals surface area contributed by atoms with Gasteiger partial charge in [0.1, 0.15) is 5.54 Å². The van der Waals surface area contributed by atoms with Gasteiger partial charge < -0.3 is 15.4 Å². The Labute approximate surface area is 188 Å². The zero-order valence-corrected chi connectivity index (χ0v) is 18.3. The second-order valence-electron chi connectivity index (χ2n) is 8.61. The number of rotatable bonds is 7. The fourth-order valence-corrected chi connectivity index (χ4v) is 4.23. The molecule has 0 unspecified atom stereocenters. The smallest absolute Gasteiger partial charge is 0.325 e. The second kappa shape index (κ2) is 9.53. The third-order valence-electron chi connectivity index (χ3n) is 6.24. The Morgan fingerprint density at radius 2 is 1.75 bits per heavy atom. The average molecular weight is 436 g/mol. The highest BCUT2D eigenvalue weighted by molar-refractivity contribution is 6.07. The van der Waals surface area contributed by atoms with Crippen molar-refractivity contribution in [3.8, 4) is 0 Å². The molecular formula is C25H29N3O4. The molecule has 7 nitrogen and oxygen atoms in total. The SMILES string of the molecule is C[C@@H](CCc1ccccc1)NC(=O)c1ccc(CN2C(=O)NC3(CCOCC3)C2=O)cc1. The first-order valence-corrected chi connectivity index (χ1v) is 11.1. The van der Waals surface area contributed by atoms with Crippen molar-refractivity contribution in [2.45, 2.75) is 50.7 Å². The Balaban J connectivity index is 1.31. The first-order chi connectivity index (χ1) is 15.5. The van der Waals surface area contributed by atoms with E-state index in [1.165, 1.54) is 10.5 Å². The predicted molar refractivity (Wildman–Crippen MR) is 120 cm³/mol. The van der Waals surface area contributed by atoms with Gasteiger partial charge in [-0.1, -0.05) is 42.5 Å². The van der Waals surface area contributed by atoms with Crippen LogP contribution in [-0.2, 0) is 22.5 Å². The summed E-state index contributed by atoms with van der Waals surface area (Å²) in [7, 11) is 0. The maximum Gasteiger partial charge on any atom is 0.325 e. The second-order valence-corrected chi connectivity index (χ2v) is 8.61. The third-order valence-corrected chi connectivity index (χ3v) is 6.24. The van der Waals surface area contributed by atoms with E-state index < -0.39 is 5.54 Å². The average Bonchev–Trinajstić information content (AvgIpc) is 3.03. The van der Waals surface area contributed by atoms with Crippen LogP contribution in [0.3, 0.4) is 0 Å². The number of carbonyl (C=O) groups excluding carboxylic acids is 3. The number of urea groups is 1. The molecule has 0 aromatic heterocycles. The minimum absolute atomic E-state index is 0.0453. The number of nitrogens with zero attached hydrogens (tertiary/aromatic N) is 1. The van der Waals surface area contributed by atoms with Gasteiger partial charge in [-0.2, -0.15) is 0 Å². The Morgan fingerprint density at radius 1 is 1.06 bits per heavy atom. The van der Waals surface area contributed by atoms with Gasteiger partial charge >= 0.3 is 6.03 Å². The number of hydrogen-bond acceptors (Lipinski definition) is 4. The fraction of sp³-hybridized carbons (Fsp3) is 0.400. The number of amides is 4. The third kappa shape index (κ3) is 4.83. The highest BCUT2D eigenvalue weighted by Crippen LogP contribution is 2.29. The maximum atomic E-state index is 12.9. The molecule has 0 aliphatic carbocycles. The molecule has 2 fully saturated rings. The van der Waals surface area contributed by atoms with E-state index in [1.54, 1.807) is 24.3 Å². The van der Waals surface area contributed by atoms with E-state index >= 15 is 0 Å². The van der Waals surface area contributed by atoms with Gasteiger partial charge in [0.15, 0.2) is 0 Å². The molecule has 0 radical (unpaired) electrons. The number of benzene rings is 2. The van der Waals surface area contributed by atoms with Crippen molar-refractivity contribution in [2.24, 2.45) is 0 Å². The topological polar surface area (TPSA) is 87.7 Å². The first-order valence-electron chi connectivity index (χ1n) is 11.1. The van der Waals surface area contributed by atoms with Crippen LogP contribution in [0.25, 0.3) is 0 Å². The lowest BCUT2D eigenvalue weighted by Crippen LogP contribution is -2.51. The minimum Gasteiger partial charge on any atom is -0.381 e. The van der Waals surface area contributed by atoms with Crippen molar-refractivity contribution in [1.29, 1.82) is 0 Å². The van der Waals surface area contributed by atoms with Crippen LogP contribution in [0.2, 0.25) is 0 Å². The molecule has 7 heteroatoms. The molecule has 2 N–H and O–H groups in total. The number of ether oxygens (including phenoxy) is 1. The van der Waals surface area contributed by atoms with E-state index in [0.717, 1.165) is 18.4 Å². The standard InChI is InChI=1S/C25H29N3O4/c1-18(7-8-19-5-3-2-4-6-19)26-22(29)21-11-9-20(10-12-21)17-28-23(30)25(27-24(28)31)13-15-32-16-14-25/h2-6,9-12,18H,7-8,13-17H2,1H3,(H,26,29)(H,27,31)/t18-/m0/s1. The van der Waals surface area contributed by atoms with Crippen LogP contribution in [-0.4, -0.2) is 47.5 Å². The van der Waals surface area contributed by atoms with E-state index in [2.05, 4.69) is 22.8 Å². The predicted octanol–water partition coefficient (Wildman–Crippen LogP) is 3.04. The normalized spacial score (nSPS) is 18.5. The van der Waals surface area contributed by atoms with Crippen LogP contribution in [0.15, 0.2) is 54.6 Å². The van der Waals surface area contributed by atoms with E-state index in [4.69, 9.17) is 4.74 Å². The summed E-state index contributed by atoms with van der Waals surface area (Å²) in [6.45, 7) is 3.11. The lowest BCUT2D eigenvalue weighted by Gasteiger charge is -2.30. The Hall–Kier alpha value is -3.19. The lowest BCUT2D eigenvalue weighted by atomic mass is 9.90. The molecule has 168 valence electrons. The molecule has 1 spiro atoms. The number of hydrogen-bond donors (Lipinski definition) is 2. The number of nitrogens with one attached hydrogen (secondary N) is 2. The summed E-state index contributed by atoms with van der Waals surface area (Å²) in [5.74, 6) is -0.326. The number of carbonyl (C=O) groups is 3. The van der Waals surface area contributed by atoms with Crippen molar-refractivity contribution in [3.05, 3.63) is 71.3 Å². The summed E-state index contributed by atoms with van der Waals surface area (Å²) in [5, 5.41) is 5.89. The van der Waals surface area contributed by atoms with E-state index in [9.17, 15) is 14.4 Å². The van der Waals surface area contributed by atoms with Gasteiger partial charge in [0.05, 0.1) is 6.54 Å². The van der Waals surface area contributed by atoms with Crippen molar-refractivity contribution in [2.75, 3.05) is 13.2 Å². The Kier molecular flexibility index (Phi) is 6.55. The monoisotopic (exact) mass is 435 g/mol. The van der Waals surface area contributed by atoms with Crippen LogP contribution in [0.4, 0.5) is 4.79 Å². The van der Waals surface area contributed by atoms with Crippen LogP contribution in [0, 0.1) is 0 Å². The van der Waals surface area contributed by atoms with E-state index in [1.807, 2.05) is 25.1 Å². The molecule has 4 rings (SSSR count). The molecular weight excluding hydrogens is 406 g/mol. The van der Waals surface area contributed by atoms with Crippen LogP contribution < -0.4 is 10.6 Å². The van der Waals surface area contributed by atoms with Gasteiger partial charge in [0, 0.05) is 37.7 Å². The highest BCUT2D eigenvalue weighted by Gasteiger charge is 2.51. The lowest BCUT2D eigenvalue weighted by molar-refractivity contribution is -0.134. The molecule has 0 saturated carbocycles. The fourth-order valence-electron chi connectivity index (χ4n) is 4.23. The summed E-state index contributed by atoms with van der Waals surface area (Å²) >= 11 is 0. The highest BCUT2D eigenvalue weighted by atomic mass is 16.5. The van der Waals surface area contributed by atoms with Crippen molar-refractivity contribution in [1.82, 2.24) is 15.5 Å². The van der Waals surface area contributed by atoms with Crippen molar-refractivity contribution in [3.63, 3.8) is 0 Å². The molecule has 2 heterocycles. The number of aryl methyl sites for hydroxylation is 1. The van der Waals surface area contributed by atoms with Crippen LogP contribution in [0.1, 0.15) is 47.7 Å². The summed E-state index contributed by atoms with van der Waals surface area (Å²) in [6.07, 6.45) is 2.75. The quantitative estimate of drug-likeness (QED) is 0.655. The van der Waals surface area contributed by atoms with Gasteiger partial charge in [-0.3, -0.25) is 14.5 Å². The van der Waals surface area contributed by atoms with Crippen molar-refractivity contribution >= 4 is 17.8 Å². The molecule has 1 atom stereocenters. The van der Waals surface area contributed by atoms with E-state index in [0.29, 0.717) is 31.6 Å². The Morgan fingerprint density at radius 3 is 2.44 bits per heavy atom. The zero-order valence-electron chi connectivity index (χ0n) is 18.3. The Bertz CT molecular complexity index is 968. The van der Waals surface area contributed by atoms with Gasteiger partial charge in [-0.05, 0) is 43.0 Å². The molecule has 0 bridgehead atoms. The maximum absolute atomic E-state index is 12.9. The molecule has 4 amide bonds. The summed E-state index contributed by atoms with van der Waals surface area (Å²) in [6, 6.07) is 16.9. The molecule has 32 heavy (non-hydrogen) atoms. The van der Waals surface area contributed by atoms with E-state index in [-0.39, 0.29) is 30.4 Å². The molecule has 2 aliphatic rings. The van der Waals surface area contributed by atoms with Crippen molar-refractivity contribution < 1.29 is 19.1 Å². The molecule has 2 aliphatic heterocycles. The zero-order chi connectivity index (χ0) is 22.6. The summed E-state index contributed by atoms with van der Waals surface area (Å²) < 4.78 is 5.33. The molecule has 2 aromatic rings. The van der Waals surface area contributed by atoms with Gasteiger partial charge in [0.2, 0.25) is 0 Å². The minimum atomic E-state index is -0.828. The first kappa shape index (κ1) is 22.0. The summed E-state index contributed by atoms with van der Waals surface area (Å²) in [4.78, 5) is 39.1. The van der Waals surface area contributed by atoms with Crippen LogP contribution >= 0.6 is 0 Å². The summed E-state index contributed by atoms with van der Waals surface area (Å²) in [5.41, 5.74) is 1.77. The van der Waals surface area contributed by atoms with Gasteiger partial charge in [-0.15, -0.1) is 0 Å². The molecule has 2 saturated heterocycles. The van der Waals surface area contributed by atoms with Gasteiger partial charge in [0.25, 0.3) is 11.8 Å².